The van der Waals surface area contributed by atoms with Crippen LogP contribution in [0, 0.1) is 28.6 Å². The van der Waals surface area contributed by atoms with E-state index in [1.165, 1.54) is 5.57 Å². The van der Waals surface area contributed by atoms with Gasteiger partial charge in [-0.3, -0.25) is 4.79 Å². The van der Waals surface area contributed by atoms with E-state index in [0.717, 1.165) is 25.7 Å². The Morgan fingerprint density at radius 1 is 1.22 bits per heavy atom. The van der Waals surface area contributed by atoms with Crippen LogP contribution in [0.1, 0.15) is 52.9 Å². The number of allylic oxidation sites excluding steroid dienone is 4. The fourth-order valence-electron chi connectivity index (χ4n) is 6.55. The Bertz CT molecular complexity index is 616. The molecule has 0 aliphatic heterocycles. The lowest BCUT2D eigenvalue weighted by Crippen LogP contribution is -2.58. The van der Waals surface area contributed by atoms with Gasteiger partial charge in [-0.25, -0.2) is 0 Å². The van der Waals surface area contributed by atoms with Crippen LogP contribution in [-0.2, 0) is 4.79 Å². The minimum absolute atomic E-state index is 0.0786. The molecule has 4 rings (SSSR count). The number of carbonyl (C=O) groups is 1. The summed E-state index contributed by atoms with van der Waals surface area (Å²) in [6.07, 6.45) is 9.61. The highest BCUT2D eigenvalue weighted by molar-refractivity contribution is 6.01. The number of ketones is 1. The molecule has 7 atom stereocenters. The van der Waals surface area contributed by atoms with Gasteiger partial charge in [-0.05, 0) is 63.0 Å². The molecule has 3 fully saturated rings. The van der Waals surface area contributed by atoms with Crippen molar-refractivity contribution in [2.45, 2.75) is 64.6 Å². The molecule has 0 saturated heterocycles. The Kier molecular flexibility index (Phi) is 3.10. The Morgan fingerprint density at radius 2 is 1.96 bits per heavy atom. The molecule has 0 spiro atoms. The van der Waals surface area contributed by atoms with Crippen LogP contribution < -0.4 is 0 Å². The van der Waals surface area contributed by atoms with Crippen LogP contribution in [0.15, 0.2) is 23.8 Å². The molecule has 3 heteroatoms. The normalized spacial score (nSPS) is 55.0. The summed E-state index contributed by atoms with van der Waals surface area (Å²) in [4.78, 5) is 11.8. The quantitative estimate of drug-likeness (QED) is 0.722. The maximum atomic E-state index is 11.8. The van der Waals surface area contributed by atoms with Crippen molar-refractivity contribution in [3.05, 3.63) is 23.8 Å². The average molecular weight is 316 g/mol. The molecule has 2 unspecified atom stereocenters. The number of hydrogen-bond acceptors (Lipinski definition) is 3. The molecule has 0 aromatic carbocycles. The molecule has 0 aromatic rings. The van der Waals surface area contributed by atoms with Gasteiger partial charge in [-0.2, -0.15) is 0 Å². The molecule has 3 saturated carbocycles. The number of aliphatic hydroxyl groups is 2. The molecule has 0 heterocycles. The van der Waals surface area contributed by atoms with E-state index in [4.69, 9.17) is 0 Å². The molecule has 126 valence electrons. The van der Waals surface area contributed by atoms with Crippen LogP contribution in [0.25, 0.3) is 0 Å². The van der Waals surface area contributed by atoms with E-state index in [1.54, 1.807) is 12.2 Å². The minimum atomic E-state index is -0.682. The summed E-state index contributed by atoms with van der Waals surface area (Å²) in [6.45, 7) is 6.32. The first-order valence-electron chi connectivity index (χ1n) is 9.04. The third kappa shape index (κ3) is 1.87. The standard InChI is InChI=1S/C20H28O3/c1-18-8-6-13(21)10-12(18)4-5-14-15-7-9-20(3,23)19(15,2)11-16(22)17(14)18/h6,8,10,14-17,22-23H,4-5,7,9,11H2,1-3H3/t14-,15-,16?,17+,18-,19-,20?/m0/s1. The number of rotatable bonds is 0. The van der Waals surface area contributed by atoms with Crippen molar-refractivity contribution in [1.82, 2.24) is 0 Å². The largest absolute Gasteiger partial charge is 0.393 e. The molecule has 2 N–H and O–H groups in total. The van der Waals surface area contributed by atoms with Gasteiger partial charge in [0.25, 0.3) is 0 Å². The second-order valence-corrected chi connectivity index (χ2v) is 9.02. The molecule has 23 heavy (non-hydrogen) atoms. The lowest BCUT2D eigenvalue weighted by Gasteiger charge is -2.59. The van der Waals surface area contributed by atoms with Crippen LogP contribution in [0.4, 0.5) is 0 Å². The maximum absolute atomic E-state index is 11.8. The van der Waals surface area contributed by atoms with E-state index in [1.807, 2.05) is 13.0 Å². The Labute approximate surface area is 138 Å². The maximum Gasteiger partial charge on any atom is 0.178 e. The van der Waals surface area contributed by atoms with Gasteiger partial charge >= 0.3 is 0 Å². The molecule has 0 radical (unpaired) electrons. The lowest BCUT2D eigenvalue weighted by molar-refractivity contribution is -0.157. The monoisotopic (exact) mass is 316 g/mol. The predicted octanol–water partition coefficient (Wildman–Crippen LogP) is 3.02. The van der Waals surface area contributed by atoms with Crippen molar-refractivity contribution in [1.29, 1.82) is 0 Å². The molecule has 3 nitrogen and oxygen atoms in total. The van der Waals surface area contributed by atoms with Crippen molar-refractivity contribution in [2.24, 2.45) is 28.6 Å². The van der Waals surface area contributed by atoms with Gasteiger partial charge in [0, 0.05) is 16.7 Å². The van der Waals surface area contributed by atoms with Crippen molar-refractivity contribution in [2.75, 3.05) is 0 Å². The van der Waals surface area contributed by atoms with E-state index in [0.29, 0.717) is 18.3 Å². The summed E-state index contributed by atoms with van der Waals surface area (Å²) in [7, 11) is 0. The molecular weight excluding hydrogens is 288 g/mol. The van der Waals surface area contributed by atoms with Crippen LogP contribution in [0.2, 0.25) is 0 Å². The number of fused-ring (bicyclic) bond motifs is 5. The minimum Gasteiger partial charge on any atom is -0.393 e. The van der Waals surface area contributed by atoms with Crippen molar-refractivity contribution < 1.29 is 15.0 Å². The van der Waals surface area contributed by atoms with Gasteiger partial charge in [0.1, 0.15) is 0 Å². The fraction of sp³-hybridized carbons (Fsp3) is 0.750. The van der Waals surface area contributed by atoms with Crippen LogP contribution in [0.3, 0.4) is 0 Å². The van der Waals surface area contributed by atoms with Crippen molar-refractivity contribution >= 4 is 5.78 Å². The first-order valence-corrected chi connectivity index (χ1v) is 9.04. The van der Waals surface area contributed by atoms with Gasteiger partial charge in [0.05, 0.1) is 11.7 Å². The smallest absolute Gasteiger partial charge is 0.178 e. The highest BCUT2D eigenvalue weighted by Gasteiger charge is 2.64. The first-order chi connectivity index (χ1) is 10.7. The number of aliphatic hydroxyl groups excluding tert-OH is 1. The Hall–Kier alpha value is -0.930. The molecule has 4 aliphatic rings. The van der Waals surface area contributed by atoms with E-state index >= 15 is 0 Å². The Morgan fingerprint density at radius 3 is 2.70 bits per heavy atom. The van der Waals surface area contributed by atoms with Crippen LogP contribution >= 0.6 is 0 Å². The molecule has 0 aromatic heterocycles. The summed E-state index contributed by atoms with van der Waals surface area (Å²) >= 11 is 0. The summed E-state index contributed by atoms with van der Waals surface area (Å²) in [5.41, 5.74) is 0.114. The zero-order valence-corrected chi connectivity index (χ0v) is 14.4. The van der Waals surface area contributed by atoms with Crippen LogP contribution in [0.5, 0.6) is 0 Å². The average Bonchev–Trinajstić information content (AvgIpc) is 2.69. The van der Waals surface area contributed by atoms with E-state index in [2.05, 4.69) is 13.8 Å². The number of carbonyl (C=O) groups excluding carboxylic acids is 1. The number of hydrogen-bond donors (Lipinski definition) is 2. The van der Waals surface area contributed by atoms with E-state index in [-0.39, 0.29) is 22.5 Å². The first kappa shape index (κ1) is 15.6. The fourth-order valence-corrected chi connectivity index (χ4v) is 6.55. The topological polar surface area (TPSA) is 57.5 Å². The SMILES string of the molecule is CC1(O)CC[C@H]2[C@@H]3CCC4=CC(=O)C=C[C@]4(C)[C@H]3C(O)C[C@@]21C. The van der Waals surface area contributed by atoms with Gasteiger partial charge in [0.2, 0.25) is 0 Å². The summed E-state index contributed by atoms with van der Waals surface area (Å²) in [5, 5.41) is 22.0. The third-order valence-corrected chi connectivity index (χ3v) is 8.06. The second kappa shape index (κ2) is 4.58. The summed E-state index contributed by atoms with van der Waals surface area (Å²) < 4.78 is 0. The lowest BCUT2D eigenvalue weighted by atomic mass is 9.46. The third-order valence-electron chi connectivity index (χ3n) is 8.06. The Balaban J connectivity index is 1.76. The zero-order chi connectivity index (χ0) is 16.6. The van der Waals surface area contributed by atoms with Gasteiger partial charge in [-0.1, -0.05) is 25.5 Å². The second-order valence-electron chi connectivity index (χ2n) is 9.02. The van der Waals surface area contributed by atoms with E-state index < -0.39 is 11.7 Å². The van der Waals surface area contributed by atoms with Gasteiger partial charge in [-0.15, -0.1) is 0 Å². The van der Waals surface area contributed by atoms with E-state index in [9.17, 15) is 15.0 Å². The van der Waals surface area contributed by atoms with Gasteiger partial charge in [0.15, 0.2) is 5.78 Å². The van der Waals surface area contributed by atoms with Crippen molar-refractivity contribution in [3.63, 3.8) is 0 Å². The predicted molar refractivity (Wildman–Crippen MR) is 88.6 cm³/mol. The highest BCUT2D eigenvalue weighted by atomic mass is 16.3. The van der Waals surface area contributed by atoms with Gasteiger partial charge < -0.3 is 10.2 Å². The van der Waals surface area contributed by atoms with Crippen molar-refractivity contribution in [3.8, 4) is 0 Å². The molecular formula is C20H28O3. The summed E-state index contributed by atoms with van der Waals surface area (Å²) in [6, 6.07) is 0. The zero-order valence-electron chi connectivity index (χ0n) is 14.4. The highest BCUT2D eigenvalue weighted by Crippen LogP contribution is 2.66. The molecule has 0 bridgehead atoms. The molecule has 0 amide bonds. The van der Waals surface area contributed by atoms with Crippen LogP contribution in [-0.4, -0.2) is 27.7 Å². The molecule has 4 aliphatic carbocycles. The summed E-state index contributed by atoms with van der Waals surface area (Å²) in [5.74, 6) is 1.14.